The van der Waals surface area contributed by atoms with E-state index in [4.69, 9.17) is 23.2 Å². The van der Waals surface area contributed by atoms with Crippen LogP contribution in [0.4, 0.5) is 5.82 Å². The molecule has 5 nitrogen and oxygen atoms in total. The summed E-state index contributed by atoms with van der Waals surface area (Å²) in [7, 11) is 0. The number of benzene rings is 1. The van der Waals surface area contributed by atoms with Gasteiger partial charge >= 0.3 is 5.82 Å². The largest absolute Gasteiger partial charge is 0.389 e. The van der Waals surface area contributed by atoms with Gasteiger partial charge in [0.05, 0.1) is 5.02 Å². The van der Waals surface area contributed by atoms with Gasteiger partial charge < -0.3 is 10.1 Å². The van der Waals surface area contributed by atoms with Crippen LogP contribution in [0.1, 0.15) is 16.7 Å². The van der Waals surface area contributed by atoms with E-state index in [-0.39, 0.29) is 16.6 Å². The first-order chi connectivity index (χ1) is 9.38. The van der Waals surface area contributed by atoms with Crippen molar-refractivity contribution in [3.05, 3.63) is 43.4 Å². The van der Waals surface area contributed by atoms with Gasteiger partial charge in [0.2, 0.25) is 5.78 Å². The summed E-state index contributed by atoms with van der Waals surface area (Å²) < 4.78 is 0.310. The quantitative estimate of drug-likeness (QED) is 0.454. The van der Waals surface area contributed by atoms with Crippen molar-refractivity contribution < 1.29 is 9.72 Å². The minimum Gasteiger partial charge on any atom is -0.358 e. The van der Waals surface area contributed by atoms with E-state index in [1.807, 2.05) is 0 Å². The summed E-state index contributed by atoms with van der Waals surface area (Å²) in [4.78, 5) is 26.0. The molecule has 0 bridgehead atoms. The third-order valence-electron chi connectivity index (χ3n) is 2.15. The number of hydrogen-bond acceptors (Lipinski definition) is 6. The molecule has 1 aromatic heterocycles. The van der Waals surface area contributed by atoms with Gasteiger partial charge in [-0.2, -0.15) is 0 Å². The van der Waals surface area contributed by atoms with E-state index in [0.29, 0.717) is 19.1 Å². The summed E-state index contributed by atoms with van der Waals surface area (Å²) >= 11 is 13.9. The summed E-state index contributed by atoms with van der Waals surface area (Å²) in [5.74, 6) is -0.650. The highest BCUT2D eigenvalue weighted by atomic mass is 35.5. The molecule has 104 valence electrons. The first-order valence-electron chi connectivity index (χ1n) is 5.17. The molecule has 0 atom stereocenters. The first kappa shape index (κ1) is 15.2. The number of hydrogen-bond donors (Lipinski definition) is 0. The maximum Gasteiger partial charge on any atom is 0.389 e. The molecule has 20 heavy (non-hydrogen) atoms. The second-order valence-corrected chi connectivity index (χ2v) is 6.77. The Morgan fingerprint density at radius 1 is 1.45 bits per heavy atom. The molecule has 0 radical (unpaired) electrons. The average molecular weight is 349 g/mol. The van der Waals surface area contributed by atoms with Crippen LogP contribution in [0.15, 0.2) is 27.3 Å². The number of halogens is 2. The van der Waals surface area contributed by atoms with Crippen LogP contribution < -0.4 is 0 Å². The minimum atomic E-state index is -0.616. The van der Waals surface area contributed by atoms with Crippen molar-refractivity contribution in [3.8, 4) is 0 Å². The molecular weight excluding hydrogens is 343 g/mol. The van der Waals surface area contributed by atoms with Crippen molar-refractivity contribution in [2.75, 3.05) is 0 Å². The zero-order chi connectivity index (χ0) is 14.9. The summed E-state index contributed by atoms with van der Waals surface area (Å²) in [5.41, 5.74) is 0. The van der Waals surface area contributed by atoms with E-state index in [9.17, 15) is 14.9 Å². The van der Waals surface area contributed by atoms with Crippen LogP contribution in [-0.2, 0) is 0 Å². The second kappa shape index (κ2) is 6.09. The van der Waals surface area contributed by atoms with Crippen molar-refractivity contribution in [1.29, 1.82) is 0 Å². The number of thiazole rings is 1. The normalized spacial score (nSPS) is 10.6. The lowest BCUT2D eigenvalue weighted by molar-refractivity contribution is -0.391. The summed E-state index contributed by atoms with van der Waals surface area (Å²) in [6.07, 6.45) is 0. The van der Waals surface area contributed by atoms with Crippen molar-refractivity contribution in [2.24, 2.45) is 0 Å². The predicted octanol–water partition coefficient (Wildman–Crippen LogP) is 4.71. The highest BCUT2D eigenvalue weighted by molar-refractivity contribution is 8.01. The van der Waals surface area contributed by atoms with Crippen LogP contribution in [0.2, 0.25) is 10.0 Å². The Bertz CT molecular complexity index is 703. The van der Waals surface area contributed by atoms with Gasteiger partial charge in [-0.3, -0.25) is 4.79 Å². The number of rotatable bonds is 4. The van der Waals surface area contributed by atoms with Gasteiger partial charge in [0.1, 0.15) is 0 Å². The number of aromatic nitrogens is 1. The van der Waals surface area contributed by atoms with Crippen LogP contribution >= 0.6 is 46.3 Å². The van der Waals surface area contributed by atoms with Gasteiger partial charge in [-0.1, -0.05) is 46.3 Å². The van der Waals surface area contributed by atoms with Gasteiger partial charge in [0.25, 0.3) is 5.01 Å². The lowest BCUT2D eigenvalue weighted by Crippen LogP contribution is -1.93. The maximum atomic E-state index is 11.3. The van der Waals surface area contributed by atoms with Crippen molar-refractivity contribution >= 4 is 57.9 Å². The smallest absolute Gasteiger partial charge is 0.358 e. The fraction of sp³-hybridized carbons (Fsp3) is 0.0909. The maximum absolute atomic E-state index is 11.3. The van der Waals surface area contributed by atoms with E-state index in [2.05, 4.69) is 4.98 Å². The Kier molecular flexibility index (Phi) is 4.64. The lowest BCUT2D eigenvalue weighted by atomic mass is 10.4. The SMILES string of the molecule is CC(=O)c1nc([N+](=O)[O-])c(Sc2ccc(Cl)cc2Cl)s1. The molecule has 2 aromatic rings. The van der Waals surface area contributed by atoms with Gasteiger partial charge in [-0.15, -0.1) is 0 Å². The predicted molar refractivity (Wildman–Crippen MR) is 79.4 cm³/mol. The van der Waals surface area contributed by atoms with Gasteiger partial charge in [-0.25, -0.2) is 0 Å². The van der Waals surface area contributed by atoms with Gasteiger partial charge in [-0.05, 0) is 28.1 Å². The van der Waals surface area contributed by atoms with Crippen LogP contribution in [0.3, 0.4) is 0 Å². The second-order valence-electron chi connectivity index (χ2n) is 3.62. The molecule has 0 aliphatic rings. The Hall–Kier alpha value is -1.15. The molecule has 0 unspecified atom stereocenters. The molecule has 9 heteroatoms. The molecule has 1 aromatic carbocycles. The lowest BCUT2D eigenvalue weighted by Gasteiger charge is -2.01. The average Bonchev–Trinajstić information content (AvgIpc) is 2.77. The molecule has 2 rings (SSSR count). The highest BCUT2D eigenvalue weighted by Crippen LogP contribution is 2.42. The molecule has 0 aliphatic heterocycles. The zero-order valence-corrected chi connectivity index (χ0v) is 13.1. The van der Waals surface area contributed by atoms with Crippen molar-refractivity contribution in [1.82, 2.24) is 4.98 Å². The Balaban J connectivity index is 2.42. The van der Waals surface area contributed by atoms with Gasteiger partial charge in [0.15, 0.2) is 4.21 Å². The molecule has 0 amide bonds. The highest BCUT2D eigenvalue weighted by Gasteiger charge is 2.26. The third-order valence-corrected chi connectivity index (χ3v) is 5.19. The minimum absolute atomic E-state index is 0.101. The van der Waals surface area contributed by atoms with E-state index >= 15 is 0 Å². The van der Waals surface area contributed by atoms with E-state index in [1.165, 1.54) is 6.92 Å². The number of ketones is 1. The van der Waals surface area contributed by atoms with Crippen LogP contribution in [0.5, 0.6) is 0 Å². The fourth-order valence-electron chi connectivity index (χ4n) is 1.29. The molecule has 0 spiro atoms. The van der Waals surface area contributed by atoms with Crippen LogP contribution in [0.25, 0.3) is 0 Å². The summed E-state index contributed by atoms with van der Waals surface area (Å²) in [6, 6.07) is 4.84. The molecule has 0 N–H and O–H groups in total. The number of nitro groups is 1. The Morgan fingerprint density at radius 3 is 2.70 bits per heavy atom. The fourth-order valence-corrected chi connectivity index (χ4v) is 3.85. The molecule has 0 saturated heterocycles. The van der Waals surface area contributed by atoms with Crippen LogP contribution in [-0.4, -0.2) is 15.7 Å². The standard InChI is InChI=1S/C11H6Cl2N2O3S2/c1-5(16)10-14-9(15(17)18)11(20-10)19-8-3-2-6(12)4-7(8)13/h2-4H,1H3. The van der Waals surface area contributed by atoms with Crippen molar-refractivity contribution in [2.45, 2.75) is 16.0 Å². The number of carbonyl (C=O) groups is 1. The topological polar surface area (TPSA) is 73.1 Å². The van der Waals surface area contributed by atoms with Gasteiger partial charge in [0, 0.05) is 16.8 Å². The number of Topliss-reactive ketones (excluding diaryl/α,β-unsaturated/α-hetero) is 1. The zero-order valence-electron chi connectivity index (χ0n) is 9.92. The van der Waals surface area contributed by atoms with E-state index in [1.54, 1.807) is 18.2 Å². The van der Waals surface area contributed by atoms with Crippen molar-refractivity contribution in [3.63, 3.8) is 0 Å². The monoisotopic (exact) mass is 348 g/mol. The summed E-state index contributed by atoms with van der Waals surface area (Å²) in [6.45, 7) is 1.31. The third kappa shape index (κ3) is 3.29. The number of carbonyl (C=O) groups excluding carboxylic acids is 1. The summed E-state index contributed by atoms with van der Waals surface area (Å²) in [5, 5.41) is 11.9. The van der Waals surface area contributed by atoms with Crippen LogP contribution in [0, 0.1) is 10.1 Å². The molecule has 0 saturated carbocycles. The van der Waals surface area contributed by atoms with E-state index < -0.39 is 4.92 Å². The Morgan fingerprint density at radius 2 is 2.15 bits per heavy atom. The Labute approximate surface area is 132 Å². The molecule has 0 fully saturated rings. The molecule has 0 aliphatic carbocycles. The van der Waals surface area contributed by atoms with E-state index in [0.717, 1.165) is 23.1 Å². The number of nitrogens with zero attached hydrogens (tertiary/aromatic N) is 2. The molecular formula is C11H6Cl2N2O3S2. The molecule has 1 heterocycles. The first-order valence-corrected chi connectivity index (χ1v) is 7.56.